The van der Waals surface area contributed by atoms with E-state index < -0.39 is 5.97 Å². The number of carboxylic acid groups (broad SMARTS) is 1. The van der Waals surface area contributed by atoms with Crippen LogP contribution in [0.25, 0.3) is 0 Å². The van der Waals surface area contributed by atoms with Gasteiger partial charge in [0.1, 0.15) is 0 Å². The molecule has 1 saturated carbocycles. The molecule has 1 aliphatic carbocycles. The maximum atomic E-state index is 12.3. The minimum atomic E-state index is -0.779. The summed E-state index contributed by atoms with van der Waals surface area (Å²) in [6, 6.07) is 10.5. The molecule has 1 amide bonds. The van der Waals surface area contributed by atoms with Crippen LogP contribution in [0.3, 0.4) is 0 Å². The summed E-state index contributed by atoms with van der Waals surface area (Å²) in [6.45, 7) is 0. The Morgan fingerprint density at radius 3 is 2.41 bits per heavy atom. The van der Waals surface area contributed by atoms with E-state index in [0.29, 0.717) is 18.8 Å². The molecule has 27 heavy (non-hydrogen) atoms. The van der Waals surface area contributed by atoms with Crippen LogP contribution in [0, 0.1) is 5.92 Å². The number of carboxylic acids is 1. The molecule has 0 heterocycles. The third-order valence-corrected chi connectivity index (χ3v) is 5.63. The van der Waals surface area contributed by atoms with E-state index in [1.54, 1.807) is 0 Å². The second kappa shape index (κ2) is 12.5. The zero-order valence-electron chi connectivity index (χ0n) is 16.5. The number of unbranched alkanes of at least 4 members (excludes halogenated alkanes) is 3. The Morgan fingerprint density at radius 2 is 1.70 bits per heavy atom. The number of carbonyl (C=O) groups is 2. The quantitative estimate of drug-likeness (QED) is 0.472. The number of rotatable bonds is 13. The van der Waals surface area contributed by atoms with E-state index in [4.69, 9.17) is 5.11 Å². The van der Waals surface area contributed by atoms with Gasteiger partial charge in [0.05, 0.1) is 0 Å². The highest BCUT2D eigenvalue weighted by molar-refractivity contribution is 5.76. The van der Waals surface area contributed by atoms with Gasteiger partial charge in [-0.1, -0.05) is 68.9 Å². The fourth-order valence-electron chi connectivity index (χ4n) is 4.11. The van der Waals surface area contributed by atoms with Gasteiger partial charge >= 0.3 is 5.97 Å². The van der Waals surface area contributed by atoms with Crippen LogP contribution < -0.4 is 5.32 Å². The number of nitrogens with one attached hydrogen (secondary N) is 1. The lowest BCUT2D eigenvalue weighted by Crippen LogP contribution is -2.36. The average molecular weight is 374 g/mol. The first kappa shape index (κ1) is 21.5. The Labute approximate surface area is 163 Å². The predicted molar refractivity (Wildman–Crippen MR) is 109 cm³/mol. The Hall–Kier alpha value is -1.84. The minimum Gasteiger partial charge on any atom is -0.481 e. The fraction of sp³-hybridized carbons (Fsp3) is 0.652. The van der Waals surface area contributed by atoms with Crippen molar-refractivity contribution in [1.82, 2.24) is 5.32 Å². The molecular weight excluding hydrogens is 338 g/mol. The van der Waals surface area contributed by atoms with Crippen LogP contribution in [0.4, 0.5) is 0 Å². The van der Waals surface area contributed by atoms with E-state index in [2.05, 4.69) is 29.6 Å². The molecule has 1 unspecified atom stereocenters. The molecule has 4 nitrogen and oxygen atoms in total. The average Bonchev–Trinajstić information content (AvgIpc) is 3.16. The topological polar surface area (TPSA) is 66.4 Å². The molecule has 1 fully saturated rings. The lowest BCUT2D eigenvalue weighted by Gasteiger charge is -2.21. The monoisotopic (exact) mass is 373 g/mol. The molecule has 0 aromatic heterocycles. The highest BCUT2D eigenvalue weighted by Crippen LogP contribution is 2.29. The van der Waals surface area contributed by atoms with Gasteiger partial charge in [-0.25, -0.2) is 0 Å². The van der Waals surface area contributed by atoms with Crippen molar-refractivity contribution in [2.45, 2.75) is 89.5 Å². The molecule has 1 aromatic carbocycles. The smallest absolute Gasteiger partial charge is 0.303 e. The standard InChI is InChI=1S/C23H35NO3/c25-22(15-7-2-1-4-10-19-11-5-3-6-12-19)24-21(16-17-23(26)27)18-20-13-8-9-14-20/h3,5-6,11-12,20-21H,1-2,4,7-10,13-18H2,(H,24,25)(H,26,27). The van der Waals surface area contributed by atoms with Crippen LogP contribution >= 0.6 is 0 Å². The molecular formula is C23H35NO3. The van der Waals surface area contributed by atoms with Gasteiger partial charge in [0.2, 0.25) is 5.91 Å². The van der Waals surface area contributed by atoms with E-state index >= 15 is 0 Å². The highest BCUT2D eigenvalue weighted by Gasteiger charge is 2.22. The Kier molecular flexibility index (Phi) is 9.96. The number of carbonyl (C=O) groups excluding carboxylic acids is 1. The summed E-state index contributed by atoms with van der Waals surface area (Å²) >= 11 is 0. The number of aliphatic carboxylic acids is 1. The van der Waals surface area contributed by atoms with Gasteiger partial charge in [0.15, 0.2) is 0 Å². The second-order valence-electron chi connectivity index (χ2n) is 7.98. The molecule has 2 N–H and O–H groups in total. The first-order valence-corrected chi connectivity index (χ1v) is 10.7. The van der Waals surface area contributed by atoms with Gasteiger partial charge in [-0.3, -0.25) is 9.59 Å². The van der Waals surface area contributed by atoms with Crippen LogP contribution in [-0.2, 0) is 16.0 Å². The van der Waals surface area contributed by atoms with Gasteiger partial charge in [-0.15, -0.1) is 0 Å². The molecule has 0 bridgehead atoms. The Morgan fingerprint density at radius 1 is 1.00 bits per heavy atom. The number of hydrogen-bond acceptors (Lipinski definition) is 2. The van der Waals surface area contributed by atoms with Crippen molar-refractivity contribution < 1.29 is 14.7 Å². The van der Waals surface area contributed by atoms with Crippen molar-refractivity contribution in [3.8, 4) is 0 Å². The van der Waals surface area contributed by atoms with Crippen LogP contribution in [0.2, 0.25) is 0 Å². The summed E-state index contributed by atoms with van der Waals surface area (Å²) in [5, 5.41) is 12.1. The van der Waals surface area contributed by atoms with Crippen molar-refractivity contribution in [3.05, 3.63) is 35.9 Å². The van der Waals surface area contributed by atoms with Crippen LogP contribution in [-0.4, -0.2) is 23.0 Å². The van der Waals surface area contributed by atoms with Crippen LogP contribution in [0.15, 0.2) is 30.3 Å². The number of benzene rings is 1. The van der Waals surface area contributed by atoms with E-state index in [9.17, 15) is 9.59 Å². The summed E-state index contributed by atoms with van der Waals surface area (Å²) in [4.78, 5) is 23.2. The van der Waals surface area contributed by atoms with E-state index in [1.165, 1.54) is 31.2 Å². The van der Waals surface area contributed by atoms with Crippen molar-refractivity contribution >= 4 is 11.9 Å². The third kappa shape index (κ3) is 9.60. The van der Waals surface area contributed by atoms with E-state index in [1.807, 2.05) is 6.07 Å². The molecule has 1 atom stereocenters. The zero-order chi connectivity index (χ0) is 19.3. The summed E-state index contributed by atoms with van der Waals surface area (Å²) in [5.41, 5.74) is 1.38. The lowest BCUT2D eigenvalue weighted by atomic mass is 9.95. The number of aryl methyl sites for hydroxylation is 1. The number of amides is 1. The van der Waals surface area contributed by atoms with E-state index in [0.717, 1.165) is 38.5 Å². The summed E-state index contributed by atoms with van der Waals surface area (Å²) in [6.07, 6.45) is 12.6. The summed E-state index contributed by atoms with van der Waals surface area (Å²) in [5.74, 6) is -0.0346. The predicted octanol–water partition coefficient (Wildman–Crippen LogP) is 5.11. The second-order valence-corrected chi connectivity index (χ2v) is 7.98. The zero-order valence-corrected chi connectivity index (χ0v) is 16.5. The maximum Gasteiger partial charge on any atom is 0.303 e. The first-order valence-electron chi connectivity index (χ1n) is 10.7. The molecule has 0 saturated heterocycles. The molecule has 0 radical (unpaired) electrons. The highest BCUT2D eigenvalue weighted by atomic mass is 16.4. The fourth-order valence-corrected chi connectivity index (χ4v) is 4.11. The van der Waals surface area contributed by atoms with Gasteiger partial charge in [-0.05, 0) is 43.6 Å². The van der Waals surface area contributed by atoms with Gasteiger partial charge < -0.3 is 10.4 Å². The SMILES string of the molecule is O=C(O)CCC(CC1CCCC1)NC(=O)CCCCCCc1ccccc1. The maximum absolute atomic E-state index is 12.3. The van der Waals surface area contributed by atoms with Gasteiger partial charge in [0.25, 0.3) is 0 Å². The lowest BCUT2D eigenvalue weighted by molar-refractivity contribution is -0.137. The van der Waals surface area contributed by atoms with Crippen molar-refractivity contribution in [3.63, 3.8) is 0 Å². The van der Waals surface area contributed by atoms with Gasteiger partial charge in [-0.2, -0.15) is 0 Å². The minimum absolute atomic E-state index is 0.0229. The molecule has 2 rings (SSSR count). The summed E-state index contributed by atoms with van der Waals surface area (Å²) in [7, 11) is 0. The molecule has 0 aliphatic heterocycles. The van der Waals surface area contributed by atoms with E-state index in [-0.39, 0.29) is 18.4 Å². The van der Waals surface area contributed by atoms with Crippen LogP contribution in [0.5, 0.6) is 0 Å². The van der Waals surface area contributed by atoms with Crippen molar-refractivity contribution in [1.29, 1.82) is 0 Å². The first-order chi connectivity index (χ1) is 13.1. The molecule has 1 aromatic rings. The normalized spacial score (nSPS) is 15.6. The Bertz CT molecular complexity index is 552. The van der Waals surface area contributed by atoms with Crippen LogP contribution in [0.1, 0.15) is 82.6 Å². The largest absolute Gasteiger partial charge is 0.481 e. The van der Waals surface area contributed by atoms with Gasteiger partial charge in [0, 0.05) is 18.9 Å². The van der Waals surface area contributed by atoms with Crippen molar-refractivity contribution in [2.24, 2.45) is 5.92 Å². The molecule has 0 spiro atoms. The molecule has 4 heteroatoms. The summed E-state index contributed by atoms with van der Waals surface area (Å²) < 4.78 is 0. The van der Waals surface area contributed by atoms with Crippen molar-refractivity contribution in [2.75, 3.05) is 0 Å². The molecule has 1 aliphatic rings. The molecule has 150 valence electrons. The third-order valence-electron chi connectivity index (χ3n) is 5.63. The number of hydrogen-bond donors (Lipinski definition) is 2. The Balaban J connectivity index is 1.59.